The molecule has 1 N–H and O–H groups in total. The van der Waals surface area contributed by atoms with E-state index in [2.05, 4.69) is 5.32 Å². The van der Waals surface area contributed by atoms with E-state index in [4.69, 9.17) is 0 Å². The Morgan fingerprint density at radius 3 is 2.75 bits per heavy atom. The molecule has 6 heteroatoms. The second kappa shape index (κ2) is 7.03. The Bertz CT molecular complexity index is 659. The number of carbonyl (C=O) groups excluding carboxylic acids is 3. The molecule has 2 aliphatic heterocycles. The Hall–Kier alpha value is -2.37. The molecule has 0 bridgehead atoms. The van der Waals surface area contributed by atoms with Crippen molar-refractivity contribution < 1.29 is 14.4 Å². The first-order chi connectivity index (χ1) is 11.5. The molecule has 24 heavy (non-hydrogen) atoms. The number of anilines is 2. The molecule has 128 valence electrons. The highest BCUT2D eigenvalue weighted by molar-refractivity contribution is 5.98. The zero-order chi connectivity index (χ0) is 17.1. The summed E-state index contributed by atoms with van der Waals surface area (Å²) in [5, 5.41) is 2.83. The summed E-state index contributed by atoms with van der Waals surface area (Å²) in [5.74, 6) is -0.0466. The first kappa shape index (κ1) is 16.5. The maximum atomic E-state index is 12.2. The van der Waals surface area contributed by atoms with Crippen LogP contribution < -0.4 is 10.2 Å². The number of likely N-dealkylation sites (tertiary alicyclic amines) is 1. The second-order valence-electron chi connectivity index (χ2n) is 6.52. The van der Waals surface area contributed by atoms with Gasteiger partial charge in [-0.25, -0.2) is 0 Å². The van der Waals surface area contributed by atoms with Crippen molar-refractivity contribution >= 4 is 29.1 Å². The van der Waals surface area contributed by atoms with Gasteiger partial charge in [-0.2, -0.15) is 0 Å². The monoisotopic (exact) mass is 329 g/mol. The average molecular weight is 329 g/mol. The van der Waals surface area contributed by atoms with E-state index >= 15 is 0 Å². The summed E-state index contributed by atoms with van der Waals surface area (Å²) < 4.78 is 0. The predicted molar refractivity (Wildman–Crippen MR) is 91.7 cm³/mol. The molecule has 1 atom stereocenters. The Labute approximate surface area is 141 Å². The van der Waals surface area contributed by atoms with E-state index in [1.54, 1.807) is 15.9 Å². The van der Waals surface area contributed by atoms with Crippen LogP contribution in [0.2, 0.25) is 0 Å². The van der Waals surface area contributed by atoms with Gasteiger partial charge in [-0.3, -0.25) is 14.4 Å². The number of nitrogens with zero attached hydrogens (tertiary/aromatic N) is 2. The van der Waals surface area contributed by atoms with E-state index in [0.717, 1.165) is 24.9 Å². The lowest BCUT2D eigenvalue weighted by Gasteiger charge is -2.26. The van der Waals surface area contributed by atoms with E-state index in [0.29, 0.717) is 25.1 Å². The summed E-state index contributed by atoms with van der Waals surface area (Å²) in [6.07, 6.45) is 3.80. The van der Waals surface area contributed by atoms with Crippen molar-refractivity contribution in [1.29, 1.82) is 0 Å². The standard InChI is InChI=1S/C18H23N3O3/c1-13-8-9-18(24)21(13)15-6-4-5-14(11-15)19-16(22)12-20-10-3-2-7-17(20)23/h4-6,11,13H,2-3,7-10,12H2,1H3,(H,19,22). The summed E-state index contributed by atoms with van der Waals surface area (Å²) in [4.78, 5) is 39.4. The quantitative estimate of drug-likeness (QED) is 0.920. The number of hydrogen-bond acceptors (Lipinski definition) is 3. The molecule has 0 spiro atoms. The Morgan fingerprint density at radius 2 is 2.04 bits per heavy atom. The van der Waals surface area contributed by atoms with E-state index in [-0.39, 0.29) is 30.3 Å². The van der Waals surface area contributed by atoms with Crippen molar-refractivity contribution in [3.63, 3.8) is 0 Å². The van der Waals surface area contributed by atoms with Gasteiger partial charge in [0.1, 0.15) is 0 Å². The fraction of sp³-hybridized carbons (Fsp3) is 0.500. The van der Waals surface area contributed by atoms with Crippen molar-refractivity contribution in [2.45, 2.75) is 45.1 Å². The van der Waals surface area contributed by atoms with E-state index in [1.807, 2.05) is 25.1 Å². The summed E-state index contributed by atoms with van der Waals surface area (Å²) >= 11 is 0. The van der Waals surface area contributed by atoms with Gasteiger partial charge in [0.05, 0.1) is 6.54 Å². The lowest BCUT2D eigenvalue weighted by atomic mass is 10.1. The van der Waals surface area contributed by atoms with Gasteiger partial charge >= 0.3 is 0 Å². The Morgan fingerprint density at radius 1 is 1.21 bits per heavy atom. The number of nitrogens with one attached hydrogen (secondary N) is 1. The molecule has 2 fully saturated rings. The maximum absolute atomic E-state index is 12.2. The highest BCUT2D eigenvalue weighted by Crippen LogP contribution is 2.28. The molecule has 3 rings (SSSR count). The van der Waals surface area contributed by atoms with Crippen LogP contribution in [0.4, 0.5) is 11.4 Å². The highest BCUT2D eigenvalue weighted by atomic mass is 16.2. The summed E-state index contributed by atoms with van der Waals surface area (Å²) in [5.41, 5.74) is 1.45. The third-order valence-corrected chi connectivity index (χ3v) is 4.65. The van der Waals surface area contributed by atoms with Gasteiger partial charge in [-0.15, -0.1) is 0 Å². The Kier molecular flexibility index (Phi) is 4.83. The maximum Gasteiger partial charge on any atom is 0.243 e. The third-order valence-electron chi connectivity index (χ3n) is 4.65. The summed E-state index contributed by atoms with van der Waals surface area (Å²) in [6.45, 7) is 2.76. The van der Waals surface area contributed by atoms with Gasteiger partial charge in [0.15, 0.2) is 0 Å². The van der Waals surface area contributed by atoms with Gasteiger partial charge in [0.2, 0.25) is 17.7 Å². The number of amides is 3. The van der Waals surface area contributed by atoms with E-state index in [1.165, 1.54) is 0 Å². The molecular formula is C18H23N3O3. The van der Waals surface area contributed by atoms with Crippen molar-refractivity contribution in [3.8, 4) is 0 Å². The Balaban J connectivity index is 1.65. The average Bonchev–Trinajstić information content (AvgIpc) is 2.89. The lowest BCUT2D eigenvalue weighted by Crippen LogP contribution is -2.40. The third kappa shape index (κ3) is 3.58. The molecule has 0 aliphatic carbocycles. The number of benzene rings is 1. The predicted octanol–water partition coefficient (Wildman–Crippen LogP) is 2.15. The smallest absolute Gasteiger partial charge is 0.243 e. The highest BCUT2D eigenvalue weighted by Gasteiger charge is 2.29. The van der Waals surface area contributed by atoms with Gasteiger partial charge in [-0.05, 0) is 44.4 Å². The van der Waals surface area contributed by atoms with Crippen molar-refractivity contribution in [1.82, 2.24) is 4.90 Å². The van der Waals surface area contributed by atoms with Crippen LogP contribution in [0, 0.1) is 0 Å². The first-order valence-electron chi connectivity index (χ1n) is 8.54. The molecule has 2 aliphatic rings. The zero-order valence-corrected chi connectivity index (χ0v) is 14.0. The minimum absolute atomic E-state index is 0.0432. The number of carbonyl (C=O) groups is 3. The molecule has 0 aromatic heterocycles. The molecule has 2 heterocycles. The normalized spacial score (nSPS) is 21.3. The minimum atomic E-state index is -0.205. The lowest BCUT2D eigenvalue weighted by molar-refractivity contribution is -0.136. The largest absolute Gasteiger partial charge is 0.333 e. The molecule has 6 nitrogen and oxygen atoms in total. The van der Waals surface area contributed by atoms with Gasteiger partial charge in [0.25, 0.3) is 0 Å². The second-order valence-corrected chi connectivity index (χ2v) is 6.52. The number of piperidine rings is 1. The molecule has 1 unspecified atom stereocenters. The first-order valence-corrected chi connectivity index (χ1v) is 8.54. The van der Waals surface area contributed by atoms with Crippen LogP contribution in [0.5, 0.6) is 0 Å². The van der Waals surface area contributed by atoms with Crippen molar-refractivity contribution in [2.24, 2.45) is 0 Å². The van der Waals surface area contributed by atoms with E-state index < -0.39 is 0 Å². The molecule has 3 amide bonds. The van der Waals surface area contributed by atoms with Crippen LogP contribution in [0.25, 0.3) is 0 Å². The van der Waals surface area contributed by atoms with Crippen LogP contribution in [0.15, 0.2) is 24.3 Å². The van der Waals surface area contributed by atoms with Crippen LogP contribution in [0.3, 0.4) is 0 Å². The van der Waals surface area contributed by atoms with Crippen LogP contribution >= 0.6 is 0 Å². The zero-order valence-electron chi connectivity index (χ0n) is 14.0. The molecule has 0 radical (unpaired) electrons. The van der Waals surface area contributed by atoms with Crippen LogP contribution in [-0.4, -0.2) is 41.8 Å². The van der Waals surface area contributed by atoms with Crippen LogP contribution in [0.1, 0.15) is 39.0 Å². The number of hydrogen-bond donors (Lipinski definition) is 1. The van der Waals surface area contributed by atoms with Crippen LogP contribution in [-0.2, 0) is 14.4 Å². The molecule has 2 saturated heterocycles. The molecule has 1 aromatic carbocycles. The molecular weight excluding hydrogens is 306 g/mol. The van der Waals surface area contributed by atoms with Crippen molar-refractivity contribution in [3.05, 3.63) is 24.3 Å². The topological polar surface area (TPSA) is 69.7 Å². The van der Waals surface area contributed by atoms with E-state index in [9.17, 15) is 14.4 Å². The minimum Gasteiger partial charge on any atom is -0.333 e. The molecule has 1 aromatic rings. The van der Waals surface area contributed by atoms with Gasteiger partial charge < -0.3 is 15.1 Å². The summed E-state index contributed by atoms with van der Waals surface area (Å²) in [7, 11) is 0. The fourth-order valence-corrected chi connectivity index (χ4v) is 3.36. The summed E-state index contributed by atoms with van der Waals surface area (Å²) in [6, 6.07) is 7.49. The molecule has 0 saturated carbocycles. The van der Waals surface area contributed by atoms with Gasteiger partial charge in [-0.1, -0.05) is 6.07 Å². The van der Waals surface area contributed by atoms with Gasteiger partial charge in [0, 0.05) is 36.8 Å². The SMILES string of the molecule is CC1CCC(=O)N1c1cccc(NC(=O)CN2CCCCC2=O)c1. The fourth-order valence-electron chi connectivity index (χ4n) is 3.36. The van der Waals surface area contributed by atoms with Crippen molar-refractivity contribution in [2.75, 3.05) is 23.3 Å². The number of rotatable bonds is 4.